The molecule has 22 heavy (non-hydrogen) atoms. The molecule has 0 amide bonds. The molecular weight excluding hydrogens is 294 g/mol. The third-order valence-electron chi connectivity index (χ3n) is 3.47. The van der Waals surface area contributed by atoms with Crippen molar-refractivity contribution >= 4 is 43.9 Å². The number of nitrogens with zero attached hydrogens (tertiary/aromatic N) is 2. The number of aryl methyl sites for hydroxylation is 1. The average molecular weight is 307 g/mol. The molecule has 4 rings (SSSR count). The van der Waals surface area contributed by atoms with Crippen LogP contribution in [-0.4, -0.2) is 11.2 Å². The number of thiazole rings is 1. The lowest BCUT2D eigenvalue weighted by Crippen LogP contribution is -1.90. The van der Waals surface area contributed by atoms with E-state index < -0.39 is 0 Å². The summed E-state index contributed by atoms with van der Waals surface area (Å²) in [5.74, 6) is 0.857. The third kappa shape index (κ3) is 2.25. The van der Waals surface area contributed by atoms with Crippen molar-refractivity contribution in [2.24, 2.45) is 5.10 Å². The third-order valence-corrected chi connectivity index (χ3v) is 4.41. The van der Waals surface area contributed by atoms with Crippen molar-refractivity contribution in [3.8, 4) is 0 Å². The molecule has 4 nitrogen and oxygen atoms in total. The molecule has 0 unspecified atom stereocenters. The van der Waals surface area contributed by atoms with Gasteiger partial charge in [0.25, 0.3) is 0 Å². The first-order valence-corrected chi connectivity index (χ1v) is 7.76. The maximum atomic E-state index is 5.72. The Morgan fingerprint density at radius 1 is 1.14 bits per heavy atom. The van der Waals surface area contributed by atoms with Crippen LogP contribution in [0.25, 0.3) is 21.2 Å². The van der Waals surface area contributed by atoms with Gasteiger partial charge in [-0.15, -0.1) is 0 Å². The van der Waals surface area contributed by atoms with Gasteiger partial charge in [0.1, 0.15) is 11.3 Å². The molecule has 0 aliphatic carbocycles. The number of furan rings is 1. The van der Waals surface area contributed by atoms with E-state index in [0.717, 1.165) is 37.6 Å². The Kier molecular flexibility index (Phi) is 3.12. The van der Waals surface area contributed by atoms with Gasteiger partial charge in [0.05, 0.1) is 16.4 Å². The topological polar surface area (TPSA) is 50.4 Å². The van der Waals surface area contributed by atoms with Crippen LogP contribution in [0.1, 0.15) is 11.3 Å². The van der Waals surface area contributed by atoms with E-state index in [-0.39, 0.29) is 0 Å². The zero-order chi connectivity index (χ0) is 14.9. The van der Waals surface area contributed by atoms with Crippen LogP contribution in [-0.2, 0) is 0 Å². The van der Waals surface area contributed by atoms with Crippen LogP contribution in [0.5, 0.6) is 0 Å². The highest BCUT2D eigenvalue weighted by molar-refractivity contribution is 7.22. The fourth-order valence-corrected chi connectivity index (χ4v) is 3.24. The first-order valence-electron chi connectivity index (χ1n) is 6.94. The summed E-state index contributed by atoms with van der Waals surface area (Å²) >= 11 is 1.58. The molecule has 108 valence electrons. The number of hydrazone groups is 1. The first kappa shape index (κ1) is 13.0. The molecule has 0 fully saturated rings. The first-order chi connectivity index (χ1) is 10.8. The summed E-state index contributed by atoms with van der Waals surface area (Å²) in [5.41, 5.74) is 5.85. The summed E-state index contributed by atoms with van der Waals surface area (Å²) < 4.78 is 6.86. The number of aromatic nitrogens is 1. The van der Waals surface area contributed by atoms with Gasteiger partial charge in [-0.05, 0) is 25.1 Å². The molecular formula is C17H13N3OS. The van der Waals surface area contributed by atoms with E-state index in [1.54, 1.807) is 17.6 Å². The Bertz CT molecular complexity index is 951. The zero-order valence-corrected chi connectivity index (χ0v) is 12.7. The Morgan fingerprint density at radius 2 is 1.95 bits per heavy atom. The molecule has 0 atom stereocenters. The summed E-state index contributed by atoms with van der Waals surface area (Å²) in [4.78, 5) is 4.49. The van der Waals surface area contributed by atoms with Crippen LogP contribution in [0.3, 0.4) is 0 Å². The van der Waals surface area contributed by atoms with Crippen molar-refractivity contribution in [2.75, 3.05) is 5.43 Å². The largest absolute Gasteiger partial charge is 0.461 e. The summed E-state index contributed by atoms with van der Waals surface area (Å²) in [6, 6.07) is 16.0. The number of hydrogen-bond donors (Lipinski definition) is 1. The van der Waals surface area contributed by atoms with Crippen molar-refractivity contribution in [1.82, 2.24) is 4.98 Å². The Balaban J connectivity index is 1.62. The SMILES string of the molecule is Cc1oc2ccccc2c1/C=N/Nc1nc2ccccc2s1. The molecule has 5 heteroatoms. The van der Waals surface area contributed by atoms with Gasteiger partial charge in [-0.1, -0.05) is 41.7 Å². The number of anilines is 1. The molecule has 0 spiro atoms. The van der Waals surface area contributed by atoms with E-state index in [2.05, 4.69) is 21.6 Å². The van der Waals surface area contributed by atoms with E-state index in [1.807, 2.05) is 49.4 Å². The molecule has 2 heterocycles. The molecule has 1 N–H and O–H groups in total. The summed E-state index contributed by atoms with van der Waals surface area (Å²) in [6.07, 6.45) is 1.78. The lowest BCUT2D eigenvalue weighted by Gasteiger charge is -1.93. The second-order valence-electron chi connectivity index (χ2n) is 4.92. The van der Waals surface area contributed by atoms with Gasteiger partial charge < -0.3 is 4.42 Å². The molecule has 0 saturated carbocycles. The van der Waals surface area contributed by atoms with Gasteiger partial charge >= 0.3 is 0 Å². The fraction of sp³-hybridized carbons (Fsp3) is 0.0588. The molecule has 0 aliphatic heterocycles. The molecule has 0 aliphatic rings. The lowest BCUT2D eigenvalue weighted by molar-refractivity contribution is 0.578. The Labute approximate surface area is 131 Å². The van der Waals surface area contributed by atoms with Gasteiger partial charge in [-0.25, -0.2) is 4.98 Å². The van der Waals surface area contributed by atoms with E-state index in [4.69, 9.17) is 4.42 Å². The summed E-state index contributed by atoms with van der Waals surface area (Å²) in [7, 11) is 0. The monoisotopic (exact) mass is 307 g/mol. The van der Waals surface area contributed by atoms with Crippen LogP contribution in [0.2, 0.25) is 0 Å². The van der Waals surface area contributed by atoms with Gasteiger partial charge in [-0.3, -0.25) is 5.43 Å². The maximum absolute atomic E-state index is 5.72. The minimum atomic E-state index is 0.780. The zero-order valence-electron chi connectivity index (χ0n) is 11.9. The van der Waals surface area contributed by atoms with Gasteiger partial charge in [-0.2, -0.15) is 5.10 Å². The van der Waals surface area contributed by atoms with Crippen molar-refractivity contribution in [1.29, 1.82) is 0 Å². The number of hydrogen-bond acceptors (Lipinski definition) is 5. The predicted molar refractivity (Wildman–Crippen MR) is 91.8 cm³/mol. The molecule has 2 aromatic carbocycles. The van der Waals surface area contributed by atoms with Crippen molar-refractivity contribution in [3.63, 3.8) is 0 Å². The van der Waals surface area contributed by atoms with Crippen molar-refractivity contribution < 1.29 is 4.42 Å². The van der Waals surface area contributed by atoms with Gasteiger partial charge in [0.15, 0.2) is 0 Å². The smallest absolute Gasteiger partial charge is 0.204 e. The second-order valence-corrected chi connectivity index (χ2v) is 5.96. The minimum absolute atomic E-state index is 0.780. The predicted octanol–water partition coefficient (Wildman–Crippen LogP) is 4.80. The van der Waals surface area contributed by atoms with Crippen molar-refractivity contribution in [3.05, 3.63) is 59.9 Å². The standard InChI is InChI=1S/C17H13N3OS/c1-11-13(12-6-2-4-8-15(12)21-11)10-18-20-17-19-14-7-3-5-9-16(14)22-17/h2-10H,1H3,(H,19,20)/b18-10+. The second kappa shape index (κ2) is 5.27. The van der Waals surface area contributed by atoms with Crippen LogP contribution < -0.4 is 5.43 Å². The number of fused-ring (bicyclic) bond motifs is 2. The van der Waals surface area contributed by atoms with E-state index in [1.165, 1.54) is 0 Å². The van der Waals surface area contributed by atoms with Gasteiger partial charge in [0, 0.05) is 10.9 Å². The molecule has 0 radical (unpaired) electrons. The van der Waals surface area contributed by atoms with E-state index in [9.17, 15) is 0 Å². The highest BCUT2D eigenvalue weighted by atomic mass is 32.1. The van der Waals surface area contributed by atoms with E-state index in [0.29, 0.717) is 0 Å². The fourth-order valence-electron chi connectivity index (χ4n) is 2.42. The van der Waals surface area contributed by atoms with Crippen LogP contribution >= 0.6 is 11.3 Å². The maximum Gasteiger partial charge on any atom is 0.204 e. The highest BCUT2D eigenvalue weighted by Gasteiger charge is 2.08. The van der Waals surface area contributed by atoms with Gasteiger partial charge in [0.2, 0.25) is 5.13 Å². The van der Waals surface area contributed by atoms with Crippen molar-refractivity contribution in [2.45, 2.75) is 6.92 Å². The van der Waals surface area contributed by atoms with Crippen LogP contribution in [0.15, 0.2) is 58.0 Å². The number of nitrogens with one attached hydrogen (secondary N) is 1. The van der Waals surface area contributed by atoms with Crippen LogP contribution in [0, 0.1) is 6.92 Å². The Morgan fingerprint density at radius 3 is 2.86 bits per heavy atom. The minimum Gasteiger partial charge on any atom is -0.461 e. The summed E-state index contributed by atoms with van der Waals surface area (Å²) in [6.45, 7) is 1.94. The normalized spacial score (nSPS) is 11.7. The molecule has 4 aromatic rings. The number of benzene rings is 2. The van der Waals surface area contributed by atoms with Crippen LogP contribution in [0.4, 0.5) is 5.13 Å². The number of rotatable bonds is 3. The molecule has 0 saturated heterocycles. The summed E-state index contributed by atoms with van der Waals surface area (Å²) in [5, 5.41) is 6.15. The quantitative estimate of drug-likeness (QED) is 0.437. The average Bonchev–Trinajstić information content (AvgIpc) is 3.08. The lowest BCUT2D eigenvalue weighted by atomic mass is 10.1. The Hall–Kier alpha value is -2.66. The number of para-hydroxylation sites is 2. The molecule has 2 aromatic heterocycles. The van der Waals surface area contributed by atoms with E-state index >= 15 is 0 Å². The highest BCUT2D eigenvalue weighted by Crippen LogP contribution is 2.26. The molecule has 0 bridgehead atoms.